The highest BCUT2D eigenvalue weighted by atomic mass is 35.5. The summed E-state index contributed by atoms with van der Waals surface area (Å²) in [5.74, 6) is -0.0396. The third kappa shape index (κ3) is 2.59. The Morgan fingerprint density at radius 2 is 1.93 bits per heavy atom. The number of aromatic nitrogens is 1. The molecule has 1 heterocycles. The Bertz CT molecular complexity index is 379. The molecule has 15 heavy (non-hydrogen) atoms. The Balaban J connectivity index is 3.22. The first-order valence-corrected chi connectivity index (χ1v) is 4.88. The van der Waals surface area contributed by atoms with Crippen LogP contribution in [0.3, 0.4) is 0 Å². The number of carbonyl (C=O) groups excluding carboxylic acids is 1. The van der Waals surface area contributed by atoms with Crippen LogP contribution in [0.25, 0.3) is 0 Å². The molecular formula is C10H14ClN3O. The Hall–Kier alpha value is -1.29. The van der Waals surface area contributed by atoms with E-state index in [9.17, 15) is 4.79 Å². The Labute approximate surface area is 94.5 Å². The molecule has 0 saturated carbocycles. The van der Waals surface area contributed by atoms with Crippen molar-refractivity contribution in [1.82, 2.24) is 4.98 Å². The summed E-state index contributed by atoms with van der Waals surface area (Å²) in [6.45, 7) is 1.51. The van der Waals surface area contributed by atoms with Gasteiger partial charge in [-0.1, -0.05) is 11.6 Å². The molecule has 1 rings (SSSR count). The van der Waals surface area contributed by atoms with Gasteiger partial charge in [-0.2, -0.15) is 0 Å². The van der Waals surface area contributed by atoms with Gasteiger partial charge in [0.1, 0.15) is 5.15 Å². The maximum atomic E-state index is 11.3. The summed E-state index contributed by atoms with van der Waals surface area (Å²) in [6.07, 6.45) is 1.60. The third-order valence-electron chi connectivity index (χ3n) is 2.14. The predicted octanol–water partition coefficient (Wildman–Crippen LogP) is 1.78. The van der Waals surface area contributed by atoms with Crippen molar-refractivity contribution in [1.29, 1.82) is 0 Å². The van der Waals surface area contributed by atoms with E-state index in [0.29, 0.717) is 5.15 Å². The van der Waals surface area contributed by atoms with Crippen molar-refractivity contribution >= 4 is 28.9 Å². The van der Waals surface area contributed by atoms with Gasteiger partial charge in [-0.3, -0.25) is 4.79 Å². The molecule has 0 fully saturated rings. The van der Waals surface area contributed by atoms with Crippen molar-refractivity contribution in [3.8, 4) is 0 Å². The number of halogens is 1. The van der Waals surface area contributed by atoms with E-state index in [2.05, 4.69) is 4.98 Å². The molecule has 0 spiro atoms. The van der Waals surface area contributed by atoms with E-state index in [0.717, 1.165) is 11.4 Å². The van der Waals surface area contributed by atoms with Gasteiger partial charge < -0.3 is 9.80 Å². The van der Waals surface area contributed by atoms with Crippen LogP contribution < -0.4 is 9.80 Å². The predicted molar refractivity (Wildman–Crippen MR) is 62.7 cm³/mol. The minimum absolute atomic E-state index is 0.0396. The van der Waals surface area contributed by atoms with Gasteiger partial charge in [-0.15, -0.1) is 0 Å². The van der Waals surface area contributed by atoms with E-state index in [1.807, 2.05) is 19.0 Å². The number of anilines is 2. The average Bonchev–Trinajstić information content (AvgIpc) is 2.16. The maximum absolute atomic E-state index is 11.3. The summed E-state index contributed by atoms with van der Waals surface area (Å²) in [5.41, 5.74) is 1.62. The van der Waals surface area contributed by atoms with Crippen molar-refractivity contribution in [3.05, 3.63) is 17.4 Å². The zero-order valence-corrected chi connectivity index (χ0v) is 10.0. The number of carbonyl (C=O) groups is 1. The molecule has 0 aliphatic rings. The van der Waals surface area contributed by atoms with Crippen molar-refractivity contribution < 1.29 is 4.79 Å². The van der Waals surface area contributed by atoms with Gasteiger partial charge in [0, 0.05) is 34.1 Å². The number of hydrogen-bond donors (Lipinski definition) is 0. The smallest absolute Gasteiger partial charge is 0.223 e. The molecular weight excluding hydrogens is 214 g/mol. The first-order valence-electron chi connectivity index (χ1n) is 4.50. The zero-order valence-electron chi connectivity index (χ0n) is 9.28. The maximum Gasteiger partial charge on any atom is 0.223 e. The first kappa shape index (κ1) is 11.8. The number of nitrogens with zero attached hydrogens (tertiary/aromatic N) is 3. The van der Waals surface area contributed by atoms with Crippen LogP contribution in [0.2, 0.25) is 5.15 Å². The molecule has 0 N–H and O–H groups in total. The second-order valence-electron chi connectivity index (χ2n) is 3.47. The Kier molecular flexibility index (Phi) is 3.52. The molecule has 1 aromatic rings. The van der Waals surface area contributed by atoms with Gasteiger partial charge >= 0.3 is 0 Å². The topological polar surface area (TPSA) is 36.4 Å². The molecule has 0 bridgehead atoms. The van der Waals surface area contributed by atoms with Crippen LogP contribution in [0.4, 0.5) is 11.4 Å². The SMILES string of the molecule is CC(=O)N(C)c1cnc(Cl)cc1N(C)C. The van der Waals surface area contributed by atoms with Crippen LogP contribution in [0.1, 0.15) is 6.92 Å². The van der Waals surface area contributed by atoms with E-state index in [-0.39, 0.29) is 5.91 Å². The van der Waals surface area contributed by atoms with Gasteiger partial charge in [-0.05, 0) is 0 Å². The fraction of sp³-hybridized carbons (Fsp3) is 0.400. The lowest BCUT2D eigenvalue weighted by Crippen LogP contribution is -2.25. The summed E-state index contributed by atoms with van der Waals surface area (Å²) < 4.78 is 0. The summed E-state index contributed by atoms with van der Waals surface area (Å²) in [5, 5.41) is 0.416. The standard InChI is InChI=1S/C10H14ClN3O/c1-7(15)14(4)9-6-12-10(11)5-8(9)13(2)3/h5-6H,1-4H3. The molecule has 0 radical (unpaired) electrons. The fourth-order valence-electron chi connectivity index (χ4n) is 1.20. The summed E-state index contributed by atoms with van der Waals surface area (Å²) in [4.78, 5) is 18.7. The highest BCUT2D eigenvalue weighted by Crippen LogP contribution is 2.28. The highest BCUT2D eigenvalue weighted by molar-refractivity contribution is 6.29. The van der Waals surface area contributed by atoms with Gasteiger partial charge in [0.2, 0.25) is 5.91 Å². The molecule has 1 aromatic heterocycles. The second-order valence-corrected chi connectivity index (χ2v) is 3.86. The molecule has 0 aliphatic carbocycles. The molecule has 0 aliphatic heterocycles. The summed E-state index contributed by atoms with van der Waals surface area (Å²) in [7, 11) is 5.49. The zero-order chi connectivity index (χ0) is 11.6. The van der Waals surface area contributed by atoms with Crippen LogP contribution in [0, 0.1) is 0 Å². The van der Waals surface area contributed by atoms with Crippen LogP contribution in [-0.4, -0.2) is 32.0 Å². The molecule has 1 amide bonds. The van der Waals surface area contributed by atoms with E-state index < -0.39 is 0 Å². The number of rotatable bonds is 2. The molecule has 5 heteroatoms. The van der Waals surface area contributed by atoms with E-state index in [1.165, 1.54) is 6.92 Å². The normalized spacial score (nSPS) is 9.93. The number of pyridine rings is 1. The minimum Gasteiger partial charge on any atom is -0.376 e. The highest BCUT2D eigenvalue weighted by Gasteiger charge is 2.13. The quantitative estimate of drug-likeness (QED) is 0.723. The molecule has 0 aromatic carbocycles. The average molecular weight is 228 g/mol. The third-order valence-corrected chi connectivity index (χ3v) is 2.35. The lowest BCUT2D eigenvalue weighted by molar-refractivity contribution is -0.116. The van der Waals surface area contributed by atoms with Crippen molar-refractivity contribution in [3.63, 3.8) is 0 Å². The van der Waals surface area contributed by atoms with Crippen LogP contribution in [0.15, 0.2) is 12.3 Å². The van der Waals surface area contributed by atoms with Gasteiger partial charge in [-0.25, -0.2) is 4.98 Å². The van der Waals surface area contributed by atoms with Crippen molar-refractivity contribution in [2.75, 3.05) is 30.9 Å². The molecule has 0 unspecified atom stereocenters. The molecule has 0 saturated heterocycles. The number of amides is 1. The molecule has 0 atom stereocenters. The van der Waals surface area contributed by atoms with Crippen LogP contribution in [0.5, 0.6) is 0 Å². The lowest BCUT2D eigenvalue weighted by atomic mass is 10.3. The van der Waals surface area contributed by atoms with Crippen LogP contribution >= 0.6 is 11.6 Å². The first-order chi connectivity index (χ1) is 6.93. The van der Waals surface area contributed by atoms with Crippen molar-refractivity contribution in [2.24, 2.45) is 0 Å². The van der Waals surface area contributed by atoms with E-state index in [4.69, 9.17) is 11.6 Å². The Morgan fingerprint density at radius 1 is 1.33 bits per heavy atom. The van der Waals surface area contributed by atoms with Gasteiger partial charge in [0.25, 0.3) is 0 Å². The van der Waals surface area contributed by atoms with E-state index >= 15 is 0 Å². The largest absolute Gasteiger partial charge is 0.376 e. The fourth-order valence-corrected chi connectivity index (χ4v) is 1.35. The summed E-state index contributed by atoms with van der Waals surface area (Å²) in [6, 6.07) is 1.73. The summed E-state index contributed by atoms with van der Waals surface area (Å²) >= 11 is 5.80. The van der Waals surface area contributed by atoms with Crippen molar-refractivity contribution in [2.45, 2.75) is 6.92 Å². The monoisotopic (exact) mass is 227 g/mol. The molecule has 4 nitrogen and oxygen atoms in total. The lowest BCUT2D eigenvalue weighted by Gasteiger charge is -2.22. The van der Waals surface area contributed by atoms with Gasteiger partial charge in [0.05, 0.1) is 17.6 Å². The molecule has 82 valence electrons. The second kappa shape index (κ2) is 4.49. The van der Waals surface area contributed by atoms with Gasteiger partial charge in [0.15, 0.2) is 0 Å². The van der Waals surface area contributed by atoms with E-state index in [1.54, 1.807) is 24.2 Å². The Morgan fingerprint density at radius 3 is 2.40 bits per heavy atom. The number of hydrogen-bond acceptors (Lipinski definition) is 3. The van der Waals surface area contributed by atoms with Crippen LogP contribution in [-0.2, 0) is 4.79 Å². The minimum atomic E-state index is -0.0396.